The highest BCUT2D eigenvalue weighted by atomic mass is 35.5. The van der Waals surface area contributed by atoms with Crippen LogP contribution in [-0.4, -0.2) is 36.5 Å². The van der Waals surface area contributed by atoms with E-state index in [-0.39, 0.29) is 5.91 Å². The number of benzene rings is 2. The number of carbonyl (C=O) groups excluding carboxylic acids is 1. The second kappa shape index (κ2) is 11.7. The molecule has 0 saturated heterocycles. The molecule has 7 heteroatoms. The van der Waals surface area contributed by atoms with Crippen molar-refractivity contribution < 1.29 is 9.53 Å². The van der Waals surface area contributed by atoms with Gasteiger partial charge < -0.3 is 15.0 Å². The summed E-state index contributed by atoms with van der Waals surface area (Å²) in [5.41, 5.74) is 3.02. The van der Waals surface area contributed by atoms with Crippen LogP contribution in [-0.2, 0) is 6.54 Å². The second-order valence-electron chi connectivity index (χ2n) is 10.3. The number of ether oxygens (including phenoxy) is 1. The number of amides is 1. The summed E-state index contributed by atoms with van der Waals surface area (Å²) in [5, 5.41) is 4.55. The van der Waals surface area contributed by atoms with Crippen molar-refractivity contribution in [2.24, 2.45) is 11.8 Å². The largest absolute Gasteiger partial charge is 0.496 e. The SMILES string of the molecule is CNc1ccc(-c2ccc(OC)c(CN(CC3CCC(C)CC3)C(=O)c3sc4ccccc4c3Cl)c2)cn1. The van der Waals surface area contributed by atoms with Gasteiger partial charge in [-0.15, -0.1) is 11.3 Å². The molecule has 0 radical (unpaired) electrons. The quantitative estimate of drug-likeness (QED) is 0.242. The number of methoxy groups -OCH3 is 1. The lowest BCUT2D eigenvalue weighted by Crippen LogP contribution is -2.36. The Morgan fingerprint density at radius 2 is 1.87 bits per heavy atom. The summed E-state index contributed by atoms with van der Waals surface area (Å²) in [6.45, 7) is 3.49. The van der Waals surface area contributed by atoms with Gasteiger partial charge in [-0.1, -0.05) is 55.6 Å². The minimum atomic E-state index is -0.0117. The predicted molar refractivity (Wildman–Crippen MR) is 158 cm³/mol. The standard InChI is InChI=1S/C31H34ClN3O2S/c1-20-8-10-21(11-9-20)18-35(31(36)30-29(32)25-6-4-5-7-27(25)38-30)19-24-16-22(12-14-26(24)37-3)23-13-15-28(33-2)34-17-23/h4-7,12-17,20-21H,8-11,18-19H2,1-3H3,(H,33,34). The van der Waals surface area contributed by atoms with Crippen molar-refractivity contribution in [3.05, 3.63) is 76.3 Å². The van der Waals surface area contributed by atoms with Gasteiger partial charge in [-0.3, -0.25) is 4.79 Å². The van der Waals surface area contributed by atoms with Crippen LogP contribution in [0.2, 0.25) is 5.02 Å². The second-order valence-corrected chi connectivity index (χ2v) is 11.7. The van der Waals surface area contributed by atoms with Gasteiger partial charge in [0.2, 0.25) is 0 Å². The van der Waals surface area contributed by atoms with E-state index >= 15 is 0 Å². The van der Waals surface area contributed by atoms with Gasteiger partial charge in [0.25, 0.3) is 5.91 Å². The van der Waals surface area contributed by atoms with E-state index < -0.39 is 0 Å². The number of fused-ring (bicyclic) bond motifs is 1. The Morgan fingerprint density at radius 1 is 1.11 bits per heavy atom. The van der Waals surface area contributed by atoms with Crippen LogP contribution >= 0.6 is 22.9 Å². The van der Waals surface area contributed by atoms with Gasteiger partial charge in [-0.25, -0.2) is 4.98 Å². The first kappa shape index (κ1) is 26.5. The van der Waals surface area contributed by atoms with E-state index in [0.717, 1.165) is 57.1 Å². The van der Waals surface area contributed by atoms with Crippen molar-refractivity contribution in [3.63, 3.8) is 0 Å². The third kappa shape index (κ3) is 5.67. The number of pyridine rings is 1. The highest BCUT2D eigenvalue weighted by molar-refractivity contribution is 7.21. The maximum Gasteiger partial charge on any atom is 0.265 e. The first-order chi connectivity index (χ1) is 18.5. The topological polar surface area (TPSA) is 54.5 Å². The van der Waals surface area contributed by atoms with Crippen LogP contribution in [0.4, 0.5) is 5.82 Å². The lowest BCUT2D eigenvalue weighted by Gasteiger charge is -2.32. The molecule has 2 heterocycles. The molecule has 1 N–H and O–H groups in total. The molecule has 1 aliphatic rings. The van der Waals surface area contributed by atoms with Gasteiger partial charge in [0.1, 0.15) is 16.4 Å². The fraction of sp³-hybridized carbons (Fsp3) is 0.355. The van der Waals surface area contributed by atoms with Gasteiger partial charge >= 0.3 is 0 Å². The first-order valence-corrected chi connectivity index (χ1v) is 14.4. The van der Waals surface area contributed by atoms with E-state index in [1.165, 1.54) is 24.2 Å². The number of carbonyl (C=O) groups is 1. The van der Waals surface area contributed by atoms with E-state index in [9.17, 15) is 4.79 Å². The van der Waals surface area contributed by atoms with Crippen molar-refractivity contribution >= 4 is 44.7 Å². The Kier molecular flexibility index (Phi) is 8.20. The normalized spacial score (nSPS) is 17.4. The minimum Gasteiger partial charge on any atom is -0.496 e. The lowest BCUT2D eigenvalue weighted by atomic mass is 9.82. The summed E-state index contributed by atoms with van der Waals surface area (Å²) < 4.78 is 6.78. The Hall–Kier alpha value is -3.09. The van der Waals surface area contributed by atoms with Crippen LogP contribution in [0.15, 0.2) is 60.8 Å². The Balaban J connectivity index is 1.49. The van der Waals surface area contributed by atoms with Crippen LogP contribution in [0.3, 0.4) is 0 Å². The molecule has 0 unspecified atom stereocenters. The van der Waals surface area contributed by atoms with Crippen LogP contribution in [0.1, 0.15) is 47.8 Å². The van der Waals surface area contributed by atoms with Gasteiger partial charge in [-0.2, -0.15) is 0 Å². The van der Waals surface area contributed by atoms with Gasteiger partial charge in [0.05, 0.1) is 12.1 Å². The van der Waals surface area contributed by atoms with E-state index in [2.05, 4.69) is 23.3 Å². The van der Waals surface area contributed by atoms with Crippen LogP contribution in [0.25, 0.3) is 21.2 Å². The van der Waals surface area contributed by atoms with Gasteiger partial charge in [0.15, 0.2) is 0 Å². The number of hydrogen-bond donors (Lipinski definition) is 1. The number of anilines is 1. The van der Waals surface area contributed by atoms with Crippen LogP contribution < -0.4 is 10.1 Å². The third-order valence-corrected chi connectivity index (χ3v) is 9.29. The predicted octanol–water partition coefficient (Wildman–Crippen LogP) is 8.14. The summed E-state index contributed by atoms with van der Waals surface area (Å²) in [6.07, 6.45) is 6.58. The molecule has 5 rings (SSSR count). The molecule has 0 bridgehead atoms. The molecule has 1 aliphatic carbocycles. The molecule has 0 spiro atoms. The molecule has 5 nitrogen and oxygen atoms in total. The van der Waals surface area contributed by atoms with E-state index in [1.807, 2.05) is 66.7 Å². The molecule has 198 valence electrons. The number of nitrogens with one attached hydrogen (secondary N) is 1. The summed E-state index contributed by atoms with van der Waals surface area (Å²) >= 11 is 8.25. The highest BCUT2D eigenvalue weighted by Crippen LogP contribution is 2.38. The van der Waals surface area contributed by atoms with E-state index in [0.29, 0.717) is 28.9 Å². The molecule has 2 aromatic carbocycles. The Morgan fingerprint density at radius 3 is 2.55 bits per heavy atom. The van der Waals surface area contributed by atoms with Crippen LogP contribution in [0.5, 0.6) is 5.75 Å². The number of hydrogen-bond acceptors (Lipinski definition) is 5. The third-order valence-electron chi connectivity index (χ3n) is 7.62. The van der Waals surface area contributed by atoms with E-state index in [4.69, 9.17) is 16.3 Å². The zero-order valence-electron chi connectivity index (χ0n) is 22.2. The summed E-state index contributed by atoms with van der Waals surface area (Å²) in [5.74, 6) is 2.82. The molecule has 0 aliphatic heterocycles. The number of rotatable bonds is 8. The molecular formula is C31H34ClN3O2S. The average Bonchev–Trinajstić information content (AvgIpc) is 3.29. The summed E-state index contributed by atoms with van der Waals surface area (Å²) in [7, 11) is 3.54. The molecular weight excluding hydrogens is 514 g/mol. The summed E-state index contributed by atoms with van der Waals surface area (Å²) in [4.78, 5) is 21.2. The summed E-state index contributed by atoms with van der Waals surface area (Å²) in [6, 6.07) is 18.1. The first-order valence-electron chi connectivity index (χ1n) is 13.2. The Bertz CT molecular complexity index is 1410. The van der Waals surface area contributed by atoms with Crippen LogP contribution in [0, 0.1) is 11.8 Å². The average molecular weight is 548 g/mol. The zero-order valence-corrected chi connectivity index (χ0v) is 23.7. The fourth-order valence-corrected chi connectivity index (χ4v) is 6.82. The smallest absolute Gasteiger partial charge is 0.265 e. The zero-order chi connectivity index (χ0) is 26.6. The number of aromatic nitrogens is 1. The van der Waals surface area contributed by atoms with Crippen molar-refractivity contribution in [2.75, 3.05) is 26.0 Å². The van der Waals surface area contributed by atoms with Gasteiger partial charge in [0, 0.05) is 47.5 Å². The Labute approximate surface area is 233 Å². The monoisotopic (exact) mass is 547 g/mol. The molecule has 0 atom stereocenters. The molecule has 1 amide bonds. The lowest BCUT2D eigenvalue weighted by molar-refractivity contribution is 0.0696. The molecule has 1 saturated carbocycles. The fourth-order valence-electron chi connectivity index (χ4n) is 5.34. The molecule has 38 heavy (non-hydrogen) atoms. The van der Waals surface area contributed by atoms with Crippen molar-refractivity contribution in [1.82, 2.24) is 9.88 Å². The van der Waals surface area contributed by atoms with E-state index in [1.54, 1.807) is 7.11 Å². The maximum absolute atomic E-state index is 14.1. The van der Waals surface area contributed by atoms with Crippen molar-refractivity contribution in [3.8, 4) is 16.9 Å². The number of halogens is 1. The minimum absolute atomic E-state index is 0.0117. The highest BCUT2D eigenvalue weighted by Gasteiger charge is 2.28. The molecule has 1 fully saturated rings. The molecule has 2 aromatic heterocycles. The molecule has 4 aromatic rings. The van der Waals surface area contributed by atoms with Crippen molar-refractivity contribution in [1.29, 1.82) is 0 Å². The number of nitrogens with zero attached hydrogens (tertiary/aromatic N) is 2. The maximum atomic E-state index is 14.1. The van der Waals surface area contributed by atoms with Gasteiger partial charge in [-0.05, 0) is 60.6 Å². The number of thiophene rings is 1. The van der Waals surface area contributed by atoms with Crippen molar-refractivity contribution in [2.45, 2.75) is 39.2 Å².